The number of aryl methyl sites for hydroxylation is 2. The van der Waals surface area contributed by atoms with E-state index < -0.39 is 0 Å². The highest BCUT2D eigenvalue weighted by molar-refractivity contribution is 7.71. The van der Waals surface area contributed by atoms with Crippen molar-refractivity contribution in [3.8, 4) is 0 Å². The lowest BCUT2D eigenvalue weighted by Crippen LogP contribution is -2.24. The van der Waals surface area contributed by atoms with Gasteiger partial charge in [-0.2, -0.15) is 10.2 Å². The second-order valence-corrected chi connectivity index (χ2v) is 6.94. The number of halogens is 1. The van der Waals surface area contributed by atoms with Gasteiger partial charge in [-0.05, 0) is 42.9 Å². The Morgan fingerprint density at radius 1 is 1.18 bits per heavy atom. The molecule has 6 nitrogen and oxygen atoms in total. The van der Waals surface area contributed by atoms with Crippen LogP contribution in [0.1, 0.15) is 24.4 Å². The van der Waals surface area contributed by atoms with Gasteiger partial charge in [0.15, 0.2) is 4.77 Å². The first-order valence-corrected chi connectivity index (χ1v) is 9.31. The summed E-state index contributed by atoms with van der Waals surface area (Å²) in [5, 5.41) is 12.8. The highest BCUT2D eigenvalue weighted by Gasteiger charge is 2.15. The summed E-state index contributed by atoms with van der Waals surface area (Å²) < 4.78 is 17.0. The molecule has 0 radical (unpaired) electrons. The maximum atomic E-state index is 13.2. The number of aromatic nitrogens is 5. The molecule has 0 aliphatic heterocycles. The van der Waals surface area contributed by atoms with Crippen molar-refractivity contribution in [3.63, 3.8) is 0 Å². The van der Waals surface area contributed by atoms with Crippen LogP contribution < -0.4 is 5.56 Å². The van der Waals surface area contributed by atoms with Crippen LogP contribution in [-0.2, 0) is 13.0 Å². The highest BCUT2D eigenvalue weighted by Crippen LogP contribution is 2.20. The molecule has 0 unspecified atom stereocenters. The Kier molecular flexibility index (Phi) is 4.87. The largest absolute Gasteiger partial charge is 0.297 e. The average molecular weight is 395 g/mol. The molecule has 4 rings (SSSR count). The molecule has 1 N–H and O–H groups in total. The number of nitrogens with zero attached hydrogens (tertiary/aromatic N) is 4. The number of nitrogens with one attached hydrogen (secondary N) is 1. The van der Waals surface area contributed by atoms with Crippen LogP contribution in [0.3, 0.4) is 0 Å². The third-order valence-electron chi connectivity index (χ3n) is 4.83. The van der Waals surface area contributed by atoms with E-state index in [2.05, 4.69) is 15.3 Å². The van der Waals surface area contributed by atoms with Crippen LogP contribution >= 0.6 is 12.2 Å². The van der Waals surface area contributed by atoms with Crippen molar-refractivity contribution in [3.05, 3.63) is 87.1 Å². The minimum absolute atomic E-state index is 0.122. The number of rotatable bonds is 5. The maximum Gasteiger partial charge on any atom is 0.274 e. The van der Waals surface area contributed by atoms with Gasteiger partial charge in [-0.15, -0.1) is 0 Å². The predicted molar refractivity (Wildman–Crippen MR) is 107 cm³/mol. The highest BCUT2D eigenvalue weighted by atomic mass is 32.1. The van der Waals surface area contributed by atoms with Crippen molar-refractivity contribution in [1.29, 1.82) is 0 Å². The molecule has 0 aliphatic carbocycles. The average Bonchev–Trinajstić information content (AvgIpc) is 3.08. The zero-order valence-corrected chi connectivity index (χ0v) is 16.0. The zero-order chi connectivity index (χ0) is 19.7. The Labute approximate surface area is 165 Å². The molecule has 0 fully saturated rings. The zero-order valence-electron chi connectivity index (χ0n) is 15.2. The molecule has 4 aromatic rings. The number of aromatic amines is 1. The quantitative estimate of drug-likeness (QED) is 0.524. The van der Waals surface area contributed by atoms with Gasteiger partial charge in [-0.3, -0.25) is 14.5 Å². The summed E-state index contributed by atoms with van der Waals surface area (Å²) in [5.41, 5.74) is 0.784. The fourth-order valence-electron chi connectivity index (χ4n) is 3.30. The Morgan fingerprint density at radius 3 is 2.71 bits per heavy atom. The first kappa shape index (κ1) is 18.2. The summed E-state index contributed by atoms with van der Waals surface area (Å²) in [6, 6.07) is 13.6. The Bertz CT molecular complexity index is 1240. The van der Waals surface area contributed by atoms with E-state index in [-0.39, 0.29) is 17.4 Å². The van der Waals surface area contributed by atoms with Crippen molar-refractivity contribution >= 4 is 23.0 Å². The monoisotopic (exact) mass is 395 g/mol. The summed E-state index contributed by atoms with van der Waals surface area (Å²) in [7, 11) is 0. The van der Waals surface area contributed by atoms with Crippen molar-refractivity contribution in [1.82, 2.24) is 24.5 Å². The molecular formula is C20H18FN5OS. The van der Waals surface area contributed by atoms with E-state index in [0.717, 1.165) is 10.9 Å². The van der Waals surface area contributed by atoms with Gasteiger partial charge in [0, 0.05) is 11.8 Å². The molecule has 8 heteroatoms. The van der Waals surface area contributed by atoms with Gasteiger partial charge < -0.3 is 0 Å². The molecule has 2 aromatic heterocycles. The number of H-pyrrole nitrogens is 1. The van der Waals surface area contributed by atoms with Gasteiger partial charge in [0.2, 0.25) is 0 Å². The SMILES string of the molecule is C[C@@H](c1ccc(F)cc1)n1c(CCn2ncc3ccccc3c2=O)n[nH]c1=S. The molecular weight excluding hydrogens is 377 g/mol. The van der Waals surface area contributed by atoms with Gasteiger partial charge in [0.25, 0.3) is 5.56 Å². The van der Waals surface area contributed by atoms with E-state index in [1.165, 1.54) is 16.8 Å². The molecule has 0 aliphatic rings. The van der Waals surface area contributed by atoms with E-state index in [4.69, 9.17) is 12.2 Å². The van der Waals surface area contributed by atoms with Crippen LogP contribution in [0.4, 0.5) is 4.39 Å². The molecule has 0 saturated carbocycles. The number of hydrogen-bond acceptors (Lipinski definition) is 4. The van der Waals surface area contributed by atoms with Gasteiger partial charge in [0.05, 0.1) is 24.2 Å². The topological polar surface area (TPSA) is 68.5 Å². The normalized spacial score (nSPS) is 12.4. The smallest absolute Gasteiger partial charge is 0.274 e. The second kappa shape index (κ2) is 7.47. The van der Waals surface area contributed by atoms with E-state index >= 15 is 0 Å². The lowest BCUT2D eigenvalue weighted by atomic mass is 10.1. The molecule has 0 bridgehead atoms. The Morgan fingerprint density at radius 2 is 1.93 bits per heavy atom. The minimum atomic E-state index is -0.284. The molecule has 0 spiro atoms. The van der Waals surface area contributed by atoms with E-state index in [1.807, 2.05) is 29.7 Å². The van der Waals surface area contributed by atoms with Crippen LogP contribution in [0, 0.1) is 10.6 Å². The molecule has 142 valence electrons. The molecule has 2 heterocycles. The Balaban J connectivity index is 1.62. The van der Waals surface area contributed by atoms with Gasteiger partial charge in [-0.25, -0.2) is 9.07 Å². The third-order valence-corrected chi connectivity index (χ3v) is 5.11. The lowest BCUT2D eigenvalue weighted by molar-refractivity contribution is 0.533. The number of hydrogen-bond donors (Lipinski definition) is 1. The number of fused-ring (bicyclic) bond motifs is 1. The van der Waals surface area contributed by atoms with Crippen LogP contribution in [0.25, 0.3) is 10.8 Å². The van der Waals surface area contributed by atoms with Crippen LogP contribution in [0.2, 0.25) is 0 Å². The first-order valence-electron chi connectivity index (χ1n) is 8.90. The van der Waals surface area contributed by atoms with Crippen LogP contribution in [-0.4, -0.2) is 24.5 Å². The minimum Gasteiger partial charge on any atom is -0.297 e. The van der Waals surface area contributed by atoms with Crippen molar-refractivity contribution in [2.24, 2.45) is 0 Å². The van der Waals surface area contributed by atoms with Gasteiger partial charge in [0.1, 0.15) is 11.6 Å². The summed E-state index contributed by atoms with van der Waals surface area (Å²) >= 11 is 5.38. The predicted octanol–water partition coefficient (Wildman–Crippen LogP) is 3.64. The number of benzene rings is 2. The Hall–Kier alpha value is -3.13. The fraction of sp³-hybridized carbons (Fsp3) is 0.200. The van der Waals surface area contributed by atoms with Crippen molar-refractivity contribution < 1.29 is 4.39 Å². The molecule has 0 amide bonds. The van der Waals surface area contributed by atoms with E-state index in [9.17, 15) is 9.18 Å². The summed E-state index contributed by atoms with van der Waals surface area (Å²) in [6.45, 7) is 2.35. The van der Waals surface area contributed by atoms with Gasteiger partial charge in [-0.1, -0.05) is 30.3 Å². The summed E-state index contributed by atoms with van der Waals surface area (Å²) in [4.78, 5) is 12.6. The van der Waals surface area contributed by atoms with Gasteiger partial charge >= 0.3 is 0 Å². The van der Waals surface area contributed by atoms with Crippen molar-refractivity contribution in [2.45, 2.75) is 25.9 Å². The maximum absolute atomic E-state index is 13.2. The van der Waals surface area contributed by atoms with E-state index in [1.54, 1.807) is 24.4 Å². The summed E-state index contributed by atoms with van der Waals surface area (Å²) in [5.74, 6) is 0.428. The fourth-order valence-corrected chi connectivity index (χ4v) is 3.61. The molecule has 28 heavy (non-hydrogen) atoms. The van der Waals surface area contributed by atoms with Crippen molar-refractivity contribution in [2.75, 3.05) is 0 Å². The van der Waals surface area contributed by atoms with E-state index in [0.29, 0.717) is 28.9 Å². The third kappa shape index (κ3) is 3.38. The molecule has 1 atom stereocenters. The standard InChI is InChI=1S/C20H18FN5OS/c1-13(14-6-8-16(21)9-7-14)26-18(23-24-20(26)28)10-11-25-19(27)17-5-3-2-4-15(17)12-22-25/h2-9,12-13H,10-11H2,1H3,(H,24,28)/t13-/m0/s1. The first-order chi connectivity index (χ1) is 13.5. The van der Waals surface area contributed by atoms with Crippen LogP contribution in [0.5, 0.6) is 0 Å². The lowest BCUT2D eigenvalue weighted by Gasteiger charge is -2.16. The summed E-state index contributed by atoms with van der Waals surface area (Å²) in [6.07, 6.45) is 2.17. The second-order valence-electron chi connectivity index (χ2n) is 6.55. The van der Waals surface area contributed by atoms with Crippen LogP contribution in [0.15, 0.2) is 59.5 Å². The molecule has 0 saturated heterocycles. The molecule has 2 aromatic carbocycles.